The summed E-state index contributed by atoms with van der Waals surface area (Å²) < 4.78 is 0. The van der Waals surface area contributed by atoms with Crippen molar-refractivity contribution in [1.82, 2.24) is 25.0 Å². The quantitative estimate of drug-likeness (QED) is 0.156. The van der Waals surface area contributed by atoms with Crippen molar-refractivity contribution in [2.45, 2.75) is 83.2 Å². The highest BCUT2D eigenvalue weighted by Crippen LogP contribution is 2.46. The van der Waals surface area contributed by atoms with Gasteiger partial charge in [0.15, 0.2) is 5.78 Å². The summed E-state index contributed by atoms with van der Waals surface area (Å²) in [4.78, 5) is 89.0. The molecule has 314 valence electrons. The lowest BCUT2D eigenvalue weighted by molar-refractivity contribution is -0.136. The molecule has 0 bridgehead atoms. The van der Waals surface area contributed by atoms with E-state index in [1.54, 1.807) is 24.3 Å². The van der Waals surface area contributed by atoms with Crippen molar-refractivity contribution in [3.63, 3.8) is 0 Å². The third kappa shape index (κ3) is 6.94. The van der Waals surface area contributed by atoms with E-state index in [0.29, 0.717) is 55.3 Å². The smallest absolute Gasteiger partial charge is 0.262 e. The molecule has 61 heavy (non-hydrogen) atoms. The number of nitrogens with one attached hydrogen (secondary N) is 3. The molecule has 1 aliphatic carbocycles. The standard InChI is InChI=1S/C47H50N8O6/c1-4-28-23-34-35(47(2,3)43-41(42(34)58)32-9-7-27(26-48)22-36(32)50-43)25-38(28)53-16-13-30(14-17-53)52-18-20-54(21-19-52)40(57)6-5-15-49-29-8-10-31-33(24-29)46(61)55(45(31)60)37-11-12-39(56)51-44(37)59/h7-10,22-25,30,37,49-50H,4-6,11-21H2,1-3H3,(H,51,56,59). The number of carbonyl (C=O) groups is 6. The maximum atomic E-state index is 14.1. The summed E-state index contributed by atoms with van der Waals surface area (Å²) in [5.74, 6) is -1.99. The van der Waals surface area contributed by atoms with Gasteiger partial charge in [-0.25, -0.2) is 0 Å². The number of aryl methyl sites for hydroxylation is 1. The zero-order valence-corrected chi connectivity index (χ0v) is 34.9. The molecule has 4 aliphatic heterocycles. The first-order valence-electron chi connectivity index (χ1n) is 21.5. The van der Waals surface area contributed by atoms with Crippen LogP contribution in [-0.4, -0.2) is 113 Å². The van der Waals surface area contributed by atoms with Crippen molar-refractivity contribution < 1.29 is 28.8 Å². The van der Waals surface area contributed by atoms with Gasteiger partial charge in [-0.15, -0.1) is 0 Å². The number of piperazine rings is 1. The Balaban J connectivity index is 0.758. The number of nitriles is 1. The molecular formula is C47H50N8O6. The fourth-order valence-electron chi connectivity index (χ4n) is 10.2. The summed E-state index contributed by atoms with van der Waals surface area (Å²) in [7, 11) is 0. The van der Waals surface area contributed by atoms with Crippen LogP contribution in [-0.2, 0) is 26.2 Å². The van der Waals surface area contributed by atoms with Gasteiger partial charge >= 0.3 is 0 Å². The molecule has 5 amide bonds. The van der Waals surface area contributed by atoms with E-state index in [1.807, 2.05) is 17.0 Å². The van der Waals surface area contributed by atoms with E-state index in [2.05, 4.69) is 64.4 Å². The molecule has 14 heteroatoms. The number of fused-ring (bicyclic) bond motifs is 5. The monoisotopic (exact) mass is 822 g/mol. The summed E-state index contributed by atoms with van der Waals surface area (Å²) in [6.07, 6.45) is 4.02. The summed E-state index contributed by atoms with van der Waals surface area (Å²) >= 11 is 0. The molecule has 0 radical (unpaired) electrons. The SMILES string of the molecule is CCc1cc2c(cc1N1CCC(N3CCN(C(=O)CCCNc4ccc5c(c4)C(=O)N(C4CCC(=O)NC4=O)C5=O)CC3)CC1)C(C)(C)c1[nH]c3cc(C#N)ccc3c1C2=O. The van der Waals surface area contributed by atoms with Gasteiger partial charge in [0.05, 0.1) is 28.3 Å². The van der Waals surface area contributed by atoms with Crippen LogP contribution in [0.5, 0.6) is 0 Å². The van der Waals surface area contributed by atoms with Gasteiger partial charge in [-0.05, 0) is 85.7 Å². The largest absolute Gasteiger partial charge is 0.385 e. The summed E-state index contributed by atoms with van der Waals surface area (Å²) in [6.45, 7) is 11.9. The molecule has 3 aromatic carbocycles. The Morgan fingerprint density at radius 2 is 1.64 bits per heavy atom. The number of H-pyrrole nitrogens is 1. The minimum atomic E-state index is -1.01. The lowest BCUT2D eigenvalue weighted by atomic mass is 9.70. The molecule has 0 spiro atoms. The van der Waals surface area contributed by atoms with Crippen LogP contribution in [0.3, 0.4) is 0 Å². The molecule has 1 atom stereocenters. The first kappa shape index (κ1) is 40.1. The molecule has 0 saturated carbocycles. The van der Waals surface area contributed by atoms with E-state index >= 15 is 0 Å². The fraction of sp³-hybridized carbons (Fsp3) is 0.426. The molecule has 9 rings (SSSR count). The van der Waals surface area contributed by atoms with E-state index in [0.717, 1.165) is 78.1 Å². The van der Waals surface area contributed by atoms with Crippen LogP contribution in [0.2, 0.25) is 0 Å². The Bertz CT molecular complexity index is 2570. The highest BCUT2D eigenvalue weighted by molar-refractivity contribution is 6.24. The van der Waals surface area contributed by atoms with Gasteiger partial charge < -0.3 is 20.1 Å². The van der Waals surface area contributed by atoms with Crippen LogP contribution < -0.4 is 15.5 Å². The number of ketones is 1. The van der Waals surface area contributed by atoms with Gasteiger partial charge in [-0.2, -0.15) is 5.26 Å². The zero-order chi connectivity index (χ0) is 42.7. The number of imide groups is 2. The third-order valence-corrected chi connectivity index (χ3v) is 13.6. The Kier molecular flexibility index (Phi) is 10.3. The molecule has 5 heterocycles. The number of piperidine rings is 2. The number of aromatic nitrogens is 1. The molecular weight excluding hydrogens is 773 g/mol. The van der Waals surface area contributed by atoms with E-state index in [-0.39, 0.29) is 35.7 Å². The molecule has 14 nitrogen and oxygen atoms in total. The number of hydrogen-bond donors (Lipinski definition) is 3. The second-order valence-corrected chi connectivity index (χ2v) is 17.5. The third-order valence-electron chi connectivity index (χ3n) is 13.6. The number of hydrogen-bond acceptors (Lipinski definition) is 10. The van der Waals surface area contributed by atoms with Crippen LogP contribution >= 0.6 is 0 Å². The summed E-state index contributed by atoms with van der Waals surface area (Å²) in [5, 5.41) is 15.8. The Hall–Kier alpha value is -6.33. The lowest BCUT2D eigenvalue weighted by Crippen LogP contribution is -2.54. The van der Waals surface area contributed by atoms with Crippen LogP contribution in [0.25, 0.3) is 10.9 Å². The van der Waals surface area contributed by atoms with Crippen LogP contribution in [0.4, 0.5) is 11.4 Å². The maximum absolute atomic E-state index is 14.1. The highest BCUT2D eigenvalue weighted by Gasteiger charge is 2.45. The van der Waals surface area contributed by atoms with E-state index < -0.39 is 35.1 Å². The molecule has 5 aliphatic rings. The highest BCUT2D eigenvalue weighted by atomic mass is 16.2. The number of benzene rings is 3. The van der Waals surface area contributed by atoms with E-state index in [4.69, 9.17) is 0 Å². The summed E-state index contributed by atoms with van der Waals surface area (Å²) in [6, 6.07) is 16.4. The van der Waals surface area contributed by atoms with Crippen molar-refractivity contribution >= 4 is 57.6 Å². The van der Waals surface area contributed by atoms with Crippen molar-refractivity contribution in [3.8, 4) is 6.07 Å². The van der Waals surface area contributed by atoms with Gasteiger partial charge in [-0.3, -0.25) is 43.9 Å². The lowest BCUT2D eigenvalue weighted by Gasteiger charge is -2.44. The van der Waals surface area contributed by atoms with E-state index in [1.165, 1.54) is 11.3 Å². The molecule has 1 aromatic heterocycles. The van der Waals surface area contributed by atoms with Crippen molar-refractivity contribution in [2.75, 3.05) is 56.0 Å². The van der Waals surface area contributed by atoms with Crippen LogP contribution in [0, 0.1) is 11.3 Å². The van der Waals surface area contributed by atoms with Gasteiger partial charge in [0.1, 0.15) is 6.04 Å². The van der Waals surface area contributed by atoms with Gasteiger partial charge in [-0.1, -0.05) is 26.8 Å². The van der Waals surface area contributed by atoms with Gasteiger partial charge in [0.2, 0.25) is 17.7 Å². The predicted molar refractivity (Wildman–Crippen MR) is 229 cm³/mol. The minimum absolute atomic E-state index is 0.0330. The Morgan fingerprint density at radius 1 is 0.885 bits per heavy atom. The fourth-order valence-corrected chi connectivity index (χ4v) is 10.2. The zero-order valence-electron chi connectivity index (χ0n) is 34.9. The number of rotatable bonds is 9. The predicted octanol–water partition coefficient (Wildman–Crippen LogP) is 4.88. The number of amides is 5. The normalized spacial score (nSPS) is 20.4. The second kappa shape index (κ2) is 15.6. The molecule has 3 N–H and O–H groups in total. The van der Waals surface area contributed by atoms with Crippen LogP contribution in [0.15, 0.2) is 48.5 Å². The first-order chi connectivity index (χ1) is 29.4. The number of nitrogens with zero attached hydrogens (tertiary/aromatic N) is 5. The second-order valence-electron chi connectivity index (χ2n) is 17.5. The van der Waals surface area contributed by atoms with Gasteiger partial charge in [0, 0.05) is 104 Å². The van der Waals surface area contributed by atoms with Crippen molar-refractivity contribution in [2.24, 2.45) is 0 Å². The summed E-state index contributed by atoms with van der Waals surface area (Å²) in [5.41, 5.74) is 7.80. The number of carbonyl (C=O) groups excluding carboxylic acids is 6. The minimum Gasteiger partial charge on any atom is -0.385 e. The van der Waals surface area contributed by atoms with Crippen molar-refractivity contribution in [1.29, 1.82) is 5.26 Å². The number of aromatic amines is 1. The van der Waals surface area contributed by atoms with Crippen molar-refractivity contribution in [3.05, 3.63) is 93.2 Å². The van der Waals surface area contributed by atoms with Crippen LogP contribution in [0.1, 0.15) is 118 Å². The maximum Gasteiger partial charge on any atom is 0.262 e. The first-order valence-corrected chi connectivity index (χ1v) is 21.5. The molecule has 1 unspecified atom stereocenters. The van der Waals surface area contributed by atoms with E-state index in [9.17, 15) is 34.0 Å². The Labute approximate surface area is 354 Å². The average molecular weight is 823 g/mol. The Morgan fingerprint density at radius 3 is 2.36 bits per heavy atom. The average Bonchev–Trinajstić information content (AvgIpc) is 3.78. The molecule has 3 fully saturated rings. The molecule has 4 aromatic rings. The molecule has 3 saturated heterocycles. The number of anilines is 2. The topological polar surface area (TPSA) is 179 Å². The van der Waals surface area contributed by atoms with Gasteiger partial charge in [0.25, 0.3) is 11.8 Å².